The van der Waals surface area contributed by atoms with Crippen molar-refractivity contribution < 1.29 is 4.79 Å². The lowest BCUT2D eigenvalue weighted by atomic mass is 10.2. The van der Waals surface area contributed by atoms with E-state index in [-0.39, 0.29) is 11.5 Å². The van der Waals surface area contributed by atoms with E-state index in [0.29, 0.717) is 33.5 Å². The van der Waals surface area contributed by atoms with Gasteiger partial charge < -0.3 is 5.32 Å². The number of aryl methyl sites for hydroxylation is 2. The van der Waals surface area contributed by atoms with Gasteiger partial charge in [0.25, 0.3) is 5.56 Å². The van der Waals surface area contributed by atoms with E-state index in [9.17, 15) is 9.59 Å². The van der Waals surface area contributed by atoms with Crippen LogP contribution in [-0.4, -0.2) is 20.7 Å². The first-order valence-corrected chi connectivity index (χ1v) is 11.2. The molecule has 5 nitrogen and oxygen atoms in total. The zero-order valence-electron chi connectivity index (χ0n) is 16.5. The number of carbonyl (C=O) groups is 1. The Labute approximate surface area is 182 Å². The molecular formula is C21H22ClN3O2S2. The number of thiophene rings is 1. The molecule has 0 radical (unpaired) electrons. The van der Waals surface area contributed by atoms with Crippen LogP contribution in [0.1, 0.15) is 22.9 Å². The van der Waals surface area contributed by atoms with Crippen LogP contribution in [0, 0.1) is 13.8 Å². The van der Waals surface area contributed by atoms with Crippen molar-refractivity contribution in [2.24, 2.45) is 0 Å². The van der Waals surface area contributed by atoms with E-state index in [1.54, 1.807) is 29.7 Å². The predicted octanol–water partition coefficient (Wildman–Crippen LogP) is 4.71. The lowest BCUT2D eigenvalue weighted by Crippen LogP contribution is -2.31. The molecule has 152 valence electrons. The number of rotatable bonds is 7. The highest BCUT2D eigenvalue weighted by Gasteiger charge is 2.21. The second-order valence-corrected chi connectivity index (χ2v) is 9.61. The minimum Gasteiger partial charge on any atom is -0.351 e. The van der Waals surface area contributed by atoms with E-state index in [4.69, 9.17) is 11.6 Å². The fraction of sp³-hybridized carbons (Fsp3) is 0.286. The van der Waals surface area contributed by atoms with Crippen molar-refractivity contribution in [3.63, 3.8) is 0 Å². The van der Waals surface area contributed by atoms with Gasteiger partial charge in [0.1, 0.15) is 4.83 Å². The number of thioether (sulfide) groups is 1. The molecule has 29 heavy (non-hydrogen) atoms. The van der Waals surface area contributed by atoms with Crippen molar-refractivity contribution in [3.8, 4) is 0 Å². The van der Waals surface area contributed by atoms with Gasteiger partial charge >= 0.3 is 0 Å². The molecule has 0 aliphatic rings. The highest BCUT2D eigenvalue weighted by molar-refractivity contribution is 8.00. The molecule has 8 heteroatoms. The Morgan fingerprint density at radius 3 is 2.72 bits per heavy atom. The molecule has 1 unspecified atom stereocenters. The molecule has 1 amide bonds. The van der Waals surface area contributed by atoms with E-state index < -0.39 is 5.25 Å². The van der Waals surface area contributed by atoms with Crippen molar-refractivity contribution >= 4 is 50.8 Å². The van der Waals surface area contributed by atoms with Crippen LogP contribution < -0.4 is 10.9 Å². The van der Waals surface area contributed by atoms with Crippen molar-refractivity contribution in [2.45, 2.75) is 44.3 Å². The Balaban J connectivity index is 1.81. The number of carbonyl (C=O) groups excluding carboxylic acids is 1. The molecule has 2 aromatic heterocycles. The van der Waals surface area contributed by atoms with Gasteiger partial charge in [-0.2, -0.15) is 0 Å². The Hall–Kier alpha value is -2.09. The Morgan fingerprint density at radius 2 is 2.07 bits per heavy atom. The standard InChI is InChI=1S/C21H22ClN3O2S2/c1-5-10-25-20(27)17-12(2)13(3)28-19(17)24-21(25)29-14(4)18(26)23-11-15-6-8-16(22)9-7-15/h5-9,14H,1,10-11H2,2-4H3,(H,23,26). The summed E-state index contributed by atoms with van der Waals surface area (Å²) < 4.78 is 1.59. The van der Waals surface area contributed by atoms with Crippen LogP contribution in [0.15, 0.2) is 46.9 Å². The van der Waals surface area contributed by atoms with Crippen LogP contribution >= 0.6 is 34.7 Å². The number of benzene rings is 1. The maximum Gasteiger partial charge on any atom is 0.263 e. The molecule has 0 spiro atoms. The van der Waals surface area contributed by atoms with Gasteiger partial charge in [-0.1, -0.05) is 41.6 Å². The minimum atomic E-state index is -0.412. The summed E-state index contributed by atoms with van der Waals surface area (Å²) in [5, 5.41) is 4.34. The molecule has 1 N–H and O–H groups in total. The van der Waals surface area contributed by atoms with Gasteiger partial charge in [0.05, 0.1) is 10.6 Å². The monoisotopic (exact) mass is 447 g/mol. The number of hydrogen-bond acceptors (Lipinski definition) is 5. The smallest absolute Gasteiger partial charge is 0.263 e. The average molecular weight is 448 g/mol. The van der Waals surface area contributed by atoms with Gasteiger partial charge in [0, 0.05) is 23.0 Å². The molecule has 0 aliphatic heterocycles. The summed E-state index contributed by atoms with van der Waals surface area (Å²) in [6.45, 7) is 10.2. The molecule has 0 fully saturated rings. The number of fused-ring (bicyclic) bond motifs is 1. The summed E-state index contributed by atoms with van der Waals surface area (Å²) in [4.78, 5) is 32.1. The summed E-state index contributed by atoms with van der Waals surface area (Å²) in [5.41, 5.74) is 1.84. The Morgan fingerprint density at radius 1 is 1.38 bits per heavy atom. The molecule has 2 heterocycles. The fourth-order valence-electron chi connectivity index (χ4n) is 2.84. The zero-order valence-corrected chi connectivity index (χ0v) is 18.9. The molecule has 1 atom stereocenters. The lowest BCUT2D eigenvalue weighted by Gasteiger charge is -2.15. The third kappa shape index (κ3) is 4.74. The van der Waals surface area contributed by atoms with Crippen molar-refractivity contribution in [2.75, 3.05) is 0 Å². The summed E-state index contributed by atoms with van der Waals surface area (Å²) >= 11 is 8.67. The quantitative estimate of drug-likeness (QED) is 0.323. The molecular weight excluding hydrogens is 426 g/mol. The molecule has 1 aromatic carbocycles. The molecule has 0 aliphatic carbocycles. The van der Waals surface area contributed by atoms with Gasteiger partial charge in [-0.15, -0.1) is 17.9 Å². The van der Waals surface area contributed by atoms with E-state index >= 15 is 0 Å². The third-order valence-corrected chi connectivity index (χ3v) is 7.04. The third-order valence-electron chi connectivity index (χ3n) is 4.60. The van der Waals surface area contributed by atoms with Gasteiger partial charge in [0.15, 0.2) is 5.16 Å². The van der Waals surface area contributed by atoms with Gasteiger partial charge in [0.2, 0.25) is 5.91 Å². The first-order valence-electron chi connectivity index (χ1n) is 9.12. The molecule has 3 aromatic rings. The van der Waals surface area contributed by atoms with E-state index in [2.05, 4.69) is 16.9 Å². The summed E-state index contributed by atoms with van der Waals surface area (Å²) in [7, 11) is 0. The average Bonchev–Trinajstić information content (AvgIpc) is 2.97. The topological polar surface area (TPSA) is 64.0 Å². The van der Waals surface area contributed by atoms with E-state index in [1.165, 1.54) is 23.1 Å². The number of aromatic nitrogens is 2. The zero-order chi connectivity index (χ0) is 21.1. The van der Waals surface area contributed by atoms with Crippen LogP contribution in [0.2, 0.25) is 5.02 Å². The van der Waals surface area contributed by atoms with Crippen LogP contribution in [0.3, 0.4) is 0 Å². The largest absolute Gasteiger partial charge is 0.351 e. The Bertz CT molecular complexity index is 1120. The lowest BCUT2D eigenvalue weighted by molar-refractivity contribution is -0.120. The van der Waals surface area contributed by atoms with Crippen LogP contribution in [0.4, 0.5) is 0 Å². The number of amides is 1. The second kappa shape index (κ2) is 9.15. The second-order valence-electron chi connectivity index (χ2n) is 6.67. The van der Waals surface area contributed by atoms with Crippen LogP contribution in [-0.2, 0) is 17.9 Å². The minimum absolute atomic E-state index is 0.0898. The number of hydrogen-bond donors (Lipinski definition) is 1. The number of allylic oxidation sites excluding steroid dienone is 1. The SMILES string of the molecule is C=CCn1c(SC(C)C(=O)NCc2ccc(Cl)cc2)nc2sc(C)c(C)c2c1=O. The molecule has 0 bridgehead atoms. The summed E-state index contributed by atoms with van der Waals surface area (Å²) in [6, 6.07) is 7.33. The van der Waals surface area contributed by atoms with Crippen molar-refractivity contribution in [1.29, 1.82) is 0 Å². The molecule has 0 saturated carbocycles. The maximum absolute atomic E-state index is 13.0. The van der Waals surface area contributed by atoms with Gasteiger partial charge in [-0.3, -0.25) is 14.2 Å². The maximum atomic E-state index is 13.0. The fourth-order valence-corrected chi connectivity index (χ4v) is 4.97. The number of nitrogens with one attached hydrogen (secondary N) is 1. The highest BCUT2D eigenvalue weighted by Crippen LogP contribution is 2.29. The van der Waals surface area contributed by atoms with Crippen LogP contribution in [0.25, 0.3) is 10.2 Å². The highest BCUT2D eigenvalue weighted by atomic mass is 35.5. The number of nitrogens with zero attached hydrogens (tertiary/aromatic N) is 2. The van der Waals surface area contributed by atoms with Crippen molar-refractivity contribution in [3.05, 3.63) is 68.3 Å². The summed E-state index contributed by atoms with van der Waals surface area (Å²) in [6.07, 6.45) is 1.67. The normalized spacial score (nSPS) is 12.1. The van der Waals surface area contributed by atoms with Crippen LogP contribution in [0.5, 0.6) is 0 Å². The number of halogens is 1. The van der Waals surface area contributed by atoms with Gasteiger partial charge in [-0.25, -0.2) is 4.98 Å². The molecule has 3 rings (SSSR count). The van der Waals surface area contributed by atoms with E-state index in [0.717, 1.165) is 16.0 Å². The molecule has 0 saturated heterocycles. The first-order chi connectivity index (χ1) is 13.8. The van der Waals surface area contributed by atoms with Gasteiger partial charge in [-0.05, 0) is 44.0 Å². The predicted molar refractivity (Wildman–Crippen MR) is 122 cm³/mol. The summed E-state index contributed by atoms with van der Waals surface area (Å²) in [5.74, 6) is -0.122. The Kier molecular flexibility index (Phi) is 6.82. The first kappa shape index (κ1) is 21.6. The van der Waals surface area contributed by atoms with E-state index in [1.807, 2.05) is 26.0 Å². The van der Waals surface area contributed by atoms with Crippen molar-refractivity contribution in [1.82, 2.24) is 14.9 Å².